The zero-order valence-corrected chi connectivity index (χ0v) is 17.6. The maximum Gasteiger partial charge on any atom is 0.341 e. The molecular weight excluding hydrogens is 451 g/mol. The number of hydrogen-bond acceptors (Lipinski definition) is 5. The smallest absolute Gasteiger partial charge is 0.341 e. The number of nitrogens with zero attached hydrogens (tertiary/aromatic N) is 4. The van der Waals surface area contributed by atoms with Gasteiger partial charge in [-0.05, 0) is 29.8 Å². The number of hydrazone groups is 1. The topological polar surface area (TPSA) is 90.9 Å². The molecule has 1 atom stereocenters. The minimum Gasteiger partial charge on any atom is -0.483 e. The fraction of sp³-hybridized carbons (Fsp3) is 0.217. The Hall–Kier alpha value is -4.15. The molecule has 2 amide bonds. The molecule has 174 valence electrons. The first kappa shape index (κ1) is 21.7. The van der Waals surface area contributed by atoms with Crippen LogP contribution in [0.1, 0.15) is 18.0 Å². The summed E-state index contributed by atoms with van der Waals surface area (Å²) in [5.74, 6) is -2.25. The van der Waals surface area contributed by atoms with Crippen LogP contribution in [0, 0.1) is 17.5 Å². The molecule has 1 N–H and O–H groups in total. The molecule has 2 aromatic heterocycles. The van der Waals surface area contributed by atoms with E-state index in [1.54, 1.807) is 12.1 Å². The Kier molecular flexibility index (Phi) is 5.52. The van der Waals surface area contributed by atoms with Gasteiger partial charge in [0, 0.05) is 31.0 Å². The molecule has 0 radical (unpaired) electrons. The number of aromatic amines is 1. The molecule has 0 spiro atoms. The number of H-pyrrole nitrogens is 1. The van der Waals surface area contributed by atoms with E-state index in [2.05, 4.69) is 15.1 Å². The Morgan fingerprint density at radius 3 is 2.62 bits per heavy atom. The van der Waals surface area contributed by atoms with Crippen molar-refractivity contribution < 1.29 is 22.7 Å². The molecule has 0 bridgehead atoms. The van der Waals surface area contributed by atoms with Crippen LogP contribution in [0.25, 0.3) is 11.3 Å². The lowest BCUT2D eigenvalue weighted by Gasteiger charge is -2.41. The van der Waals surface area contributed by atoms with E-state index in [0.29, 0.717) is 12.0 Å². The molecular formula is C23H18F3N5O3. The third kappa shape index (κ3) is 4.12. The number of nitrogens with one attached hydrogen (secondary N) is 1. The minimum atomic E-state index is -0.733. The first-order valence-electron chi connectivity index (χ1n) is 10.5. The van der Waals surface area contributed by atoms with E-state index in [1.165, 1.54) is 40.5 Å². The number of carbonyl (C=O) groups excluding carboxylic acids is 1. The minimum absolute atomic E-state index is 0.0855. The third-order valence-corrected chi connectivity index (χ3v) is 5.62. The Morgan fingerprint density at radius 1 is 1.12 bits per heavy atom. The molecule has 0 saturated carbocycles. The van der Waals surface area contributed by atoms with Gasteiger partial charge in [0.05, 0.1) is 36.6 Å². The highest BCUT2D eigenvalue weighted by Crippen LogP contribution is 2.32. The summed E-state index contributed by atoms with van der Waals surface area (Å²) in [7, 11) is 0. The number of halogens is 3. The molecule has 5 rings (SSSR count). The van der Waals surface area contributed by atoms with Crippen molar-refractivity contribution in [2.75, 3.05) is 13.1 Å². The van der Waals surface area contributed by atoms with Crippen LogP contribution >= 0.6 is 0 Å². The molecule has 1 aromatic carbocycles. The highest BCUT2D eigenvalue weighted by atomic mass is 19.1. The molecule has 0 aliphatic carbocycles. The summed E-state index contributed by atoms with van der Waals surface area (Å²) in [6.07, 6.45) is 3.80. The quantitative estimate of drug-likeness (QED) is 0.634. The Bertz CT molecular complexity index is 1320. The normalized spacial score (nSPS) is 17.7. The number of carbonyl (C=O) groups is 1. The second-order valence-electron chi connectivity index (χ2n) is 7.94. The van der Waals surface area contributed by atoms with Gasteiger partial charge in [0.2, 0.25) is 0 Å². The number of urea groups is 1. The monoisotopic (exact) mass is 469 g/mol. The molecule has 1 fully saturated rings. The van der Waals surface area contributed by atoms with Gasteiger partial charge in [-0.15, -0.1) is 0 Å². The summed E-state index contributed by atoms with van der Waals surface area (Å²) >= 11 is 0. The van der Waals surface area contributed by atoms with Gasteiger partial charge in [-0.1, -0.05) is 0 Å². The van der Waals surface area contributed by atoms with Crippen molar-refractivity contribution in [3.63, 3.8) is 0 Å². The number of pyridine rings is 2. The predicted octanol–water partition coefficient (Wildman–Crippen LogP) is 3.47. The van der Waals surface area contributed by atoms with Crippen LogP contribution in [0.2, 0.25) is 0 Å². The first-order valence-corrected chi connectivity index (χ1v) is 10.5. The molecule has 1 saturated heterocycles. The lowest BCUT2D eigenvalue weighted by Crippen LogP contribution is -2.58. The molecule has 3 aromatic rings. The van der Waals surface area contributed by atoms with Gasteiger partial charge in [0.15, 0.2) is 11.6 Å². The lowest BCUT2D eigenvalue weighted by atomic mass is 10.0. The van der Waals surface area contributed by atoms with Gasteiger partial charge < -0.3 is 14.6 Å². The summed E-state index contributed by atoms with van der Waals surface area (Å²) in [5, 5.41) is 5.24. The van der Waals surface area contributed by atoms with Crippen LogP contribution in [-0.2, 0) is 0 Å². The molecule has 11 heteroatoms. The average Bonchev–Trinajstić information content (AvgIpc) is 3.27. The van der Waals surface area contributed by atoms with Crippen molar-refractivity contribution in [2.45, 2.75) is 18.6 Å². The molecule has 4 heterocycles. The fourth-order valence-corrected chi connectivity index (χ4v) is 3.92. The number of rotatable bonds is 4. The molecule has 1 unspecified atom stereocenters. The average molecular weight is 469 g/mol. The molecule has 2 aliphatic rings. The van der Waals surface area contributed by atoms with Crippen molar-refractivity contribution >= 4 is 12.2 Å². The molecule has 2 aliphatic heterocycles. The number of ether oxygens (including phenoxy) is 1. The number of aromatic nitrogens is 2. The van der Waals surface area contributed by atoms with Gasteiger partial charge in [-0.25, -0.2) is 23.0 Å². The van der Waals surface area contributed by atoms with Crippen LogP contribution in [0.4, 0.5) is 18.0 Å². The van der Waals surface area contributed by atoms with Crippen molar-refractivity contribution in [3.05, 3.63) is 82.2 Å². The number of benzene rings is 1. The van der Waals surface area contributed by atoms with E-state index in [9.17, 15) is 22.8 Å². The van der Waals surface area contributed by atoms with Crippen LogP contribution in [0.5, 0.6) is 5.75 Å². The highest BCUT2D eigenvalue weighted by Gasteiger charge is 2.39. The third-order valence-electron chi connectivity index (χ3n) is 5.62. The van der Waals surface area contributed by atoms with Crippen LogP contribution in [0.15, 0.2) is 58.7 Å². The summed E-state index contributed by atoms with van der Waals surface area (Å²) in [4.78, 5) is 32.8. The second kappa shape index (κ2) is 8.65. The highest BCUT2D eigenvalue weighted by molar-refractivity contribution is 5.79. The van der Waals surface area contributed by atoms with Crippen molar-refractivity contribution in [1.82, 2.24) is 19.9 Å². The maximum atomic E-state index is 14.3. The SMILES string of the molecule is O=C(N1CC(Oc2cc(-c3ccc[nH]c3=O)ncc2F)C1)N1N=CCC1c1cc(F)cc(F)c1. The Balaban J connectivity index is 1.25. The summed E-state index contributed by atoms with van der Waals surface area (Å²) < 4.78 is 47.2. The van der Waals surface area contributed by atoms with E-state index in [-0.39, 0.29) is 35.7 Å². The van der Waals surface area contributed by atoms with Crippen LogP contribution in [0.3, 0.4) is 0 Å². The van der Waals surface area contributed by atoms with E-state index >= 15 is 0 Å². The summed E-state index contributed by atoms with van der Waals surface area (Å²) in [6.45, 7) is 0.330. The largest absolute Gasteiger partial charge is 0.483 e. The van der Waals surface area contributed by atoms with Gasteiger partial charge in [-0.3, -0.25) is 9.78 Å². The van der Waals surface area contributed by atoms with Gasteiger partial charge >= 0.3 is 6.03 Å². The summed E-state index contributed by atoms with van der Waals surface area (Å²) in [5.41, 5.74) is 0.456. The fourth-order valence-electron chi connectivity index (χ4n) is 3.92. The van der Waals surface area contributed by atoms with Crippen molar-refractivity contribution in [3.8, 4) is 17.0 Å². The van der Waals surface area contributed by atoms with Gasteiger partial charge in [-0.2, -0.15) is 5.10 Å². The van der Waals surface area contributed by atoms with E-state index < -0.39 is 35.6 Å². The van der Waals surface area contributed by atoms with Crippen LogP contribution < -0.4 is 10.3 Å². The first-order chi connectivity index (χ1) is 16.4. The van der Waals surface area contributed by atoms with E-state index in [0.717, 1.165) is 12.3 Å². The zero-order valence-electron chi connectivity index (χ0n) is 17.6. The number of amides is 2. The standard InChI is InChI=1S/C23H18F3N5O3/c24-14-6-13(7-15(25)8-14)20-3-5-29-31(20)23(33)30-11-16(12-30)34-21-9-19(28-10-18(21)26)17-2-1-4-27-22(17)32/h1-2,4-10,16,20H,3,11-12H2,(H,27,32). The van der Waals surface area contributed by atoms with Crippen molar-refractivity contribution in [2.24, 2.45) is 5.10 Å². The maximum absolute atomic E-state index is 14.3. The van der Waals surface area contributed by atoms with E-state index in [4.69, 9.17) is 4.74 Å². The summed E-state index contributed by atoms with van der Waals surface area (Å²) in [6, 6.07) is 6.56. The van der Waals surface area contributed by atoms with Gasteiger partial charge in [0.25, 0.3) is 5.56 Å². The predicted molar refractivity (Wildman–Crippen MR) is 116 cm³/mol. The Labute approximate surface area is 191 Å². The number of hydrogen-bond donors (Lipinski definition) is 1. The number of likely N-dealkylation sites (tertiary alicyclic amines) is 1. The van der Waals surface area contributed by atoms with Crippen molar-refractivity contribution in [1.29, 1.82) is 0 Å². The Morgan fingerprint density at radius 2 is 1.88 bits per heavy atom. The molecule has 8 nitrogen and oxygen atoms in total. The zero-order chi connectivity index (χ0) is 23.8. The van der Waals surface area contributed by atoms with Gasteiger partial charge in [0.1, 0.15) is 17.7 Å². The molecule has 34 heavy (non-hydrogen) atoms. The lowest BCUT2D eigenvalue weighted by molar-refractivity contribution is 0.0256. The van der Waals surface area contributed by atoms with Crippen LogP contribution in [-0.4, -0.2) is 51.3 Å². The second-order valence-corrected chi connectivity index (χ2v) is 7.94. The van der Waals surface area contributed by atoms with E-state index in [1.807, 2.05) is 0 Å².